The van der Waals surface area contributed by atoms with E-state index < -0.39 is 0 Å². The summed E-state index contributed by atoms with van der Waals surface area (Å²) in [6, 6.07) is 8.02. The van der Waals surface area contributed by atoms with Gasteiger partial charge in [0, 0.05) is 35.3 Å². The molecule has 0 radical (unpaired) electrons. The molecule has 0 bridgehead atoms. The Kier molecular flexibility index (Phi) is 4.93. The van der Waals surface area contributed by atoms with Crippen molar-refractivity contribution in [3.05, 3.63) is 66.3 Å². The third kappa shape index (κ3) is 3.54. The first-order chi connectivity index (χ1) is 13.8. The molecule has 1 amide bonds. The van der Waals surface area contributed by atoms with Crippen LogP contribution >= 0.6 is 22.7 Å². The Morgan fingerprint density at radius 1 is 1.07 bits per heavy atom. The fourth-order valence-corrected chi connectivity index (χ4v) is 4.86. The number of fused-ring (bicyclic) bond motifs is 1. The number of nitrogens with one attached hydrogen (secondary N) is 1. The summed E-state index contributed by atoms with van der Waals surface area (Å²) < 4.78 is 2.48. The van der Waals surface area contributed by atoms with Crippen molar-refractivity contribution in [1.29, 1.82) is 0 Å². The second-order valence-corrected chi connectivity index (χ2v) is 8.58. The van der Waals surface area contributed by atoms with Crippen molar-refractivity contribution < 1.29 is 4.79 Å². The Morgan fingerprint density at radius 2 is 1.79 bits per heavy atom. The van der Waals surface area contributed by atoms with Crippen LogP contribution in [0.1, 0.15) is 10.4 Å². The molecule has 0 saturated heterocycles. The van der Waals surface area contributed by atoms with E-state index in [9.17, 15) is 14.4 Å². The number of thiazole rings is 1. The van der Waals surface area contributed by atoms with Gasteiger partial charge in [-0.1, -0.05) is 29.8 Å². The maximum Gasteiger partial charge on any atom is 0.330 e. The number of aryl methyl sites for hydroxylation is 2. The predicted octanol–water partition coefficient (Wildman–Crippen LogP) is 2.91. The summed E-state index contributed by atoms with van der Waals surface area (Å²) in [4.78, 5) is 42.2. The van der Waals surface area contributed by atoms with Crippen LogP contribution in [0.3, 0.4) is 0 Å². The van der Waals surface area contributed by atoms with E-state index >= 15 is 0 Å². The number of amides is 1. The van der Waals surface area contributed by atoms with Crippen molar-refractivity contribution in [3.63, 3.8) is 0 Å². The molecule has 0 spiro atoms. The fourth-order valence-electron chi connectivity index (χ4n) is 3.07. The smallest absolute Gasteiger partial charge is 0.302 e. The third-order valence-corrected chi connectivity index (χ3v) is 6.45. The molecule has 0 saturated carbocycles. The van der Waals surface area contributed by atoms with Gasteiger partial charge in [-0.25, -0.2) is 9.78 Å². The van der Waals surface area contributed by atoms with E-state index in [1.54, 1.807) is 12.4 Å². The van der Waals surface area contributed by atoms with E-state index in [1.807, 2.05) is 36.6 Å². The highest BCUT2D eigenvalue weighted by Crippen LogP contribution is 2.26. The zero-order valence-electron chi connectivity index (χ0n) is 16.1. The molecule has 0 aliphatic carbocycles. The summed E-state index contributed by atoms with van der Waals surface area (Å²) in [6.07, 6.45) is 0.0427. The van der Waals surface area contributed by atoms with E-state index in [0.29, 0.717) is 20.9 Å². The van der Waals surface area contributed by atoms with E-state index in [0.717, 1.165) is 15.8 Å². The lowest BCUT2D eigenvalue weighted by atomic mass is 10.1. The Hall–Kier alpha value is -3.04. The Bertz CT molecular complexity index is 1340. The third-order valence-electron chi connectivity index (χ3n) is 4.72. The maximum atomic E-state index is 12.5. The number of aromatic nitrogens is 3. The van der Waals surface area contributed by atoms with Crippen LogP contribution in [0.4, 0.5) is 5.13 Å². The first-order valence-corrected chi connectivity index (χ1v) is 10.6. The minimum atomic E-state index is -0.386. The zero-order valence-corrected chi connectivity index (χ0v) is 17.7. The molecule has 9 heteroatoms. The first-order valence-electron chi connectivity index (χ1n) is 8.83. The Balaban J connectivity index is 1.56. The number of rotatable bonds is 4. The minimum Gasteiger partial charge on any atom is -0.302 e. The van der Waals surface area contributed by atoms with Crippen molar-refractivity contribution >= 4 is 44.6 Å². The zero-order chi connectivity index (χ0) is 20.7. The molecule has 0 aliphatic heterocycles. The molecule has 0 fully saturated rings. The highest BCUT2D eigenvalue weighted by atomic mass is 32.1. The number of thiophene rings is 1. The van der Waals surface area contributed by atoms with Gasteiger partial charge in [-0.05, 0) is 6.92 Å². The lowest BCUT2D eigenvalue weighted by Crippen LogP contribution is -2.36. The molecule has 4 aromatic rings. The number of anilines is 1. The highest BCUT2D eigenvalue weighted by molar-refractivity contribution is 7.14. The van der Waals surface area contributed by atoms with Crippen LogP contribution in [-0.4, -0.2) is 20.0 Å². The van der Waals surface area contributed by atoms with Crippen LogP contribution in [0, 0.1) is 6.92 Å². The SMILES string of the molecule is Cc1ccc(-c2csc(NC(=O)Cc3scc4c3c(=O)n(C)c(=O)n4C)n2)cc1. The summed E-state index contributed by atoms with van der Waals surface area (Å²) in [5.41, 5.74) is 2.73. The van der Waals surface area contributed by atoms with Crippen molar-refractivity contribution in [2.75, 3.05) is 5.32 Å². The number of hydrogen-bond donors (Lipinski definition) is 1. The summed E-state index contributed by atoms with van der Waals surface area (Å²) in [5, 5.41) is 7.35. The highest BCUT2D eigenvalue weighted by Gasteiger charge is 2.17. The maximum absolute atomic E-state index is 12.5. The van der Waals surface area contributed by atoms with Crippen LogP contribution in [-0.2, 0) is 25.3 Å². The molecule has 29 heavy (non-hydrogen) atoms. The van der Waals surface area contributed by atoms with Crippen LogP contribution < -0.4 is 16.6 Å². The van der Waals surface area contributed by atoms with Gasteiger partial charge in [0.1, 0.15) is 0 Å². The summed E-state index contributed by atoms with van der Waals surface area (Å²) in [6.45, 7) is 2.02. The lowest BCUT2D eigenvalue weighted by Gasteiger charge is -2.05. The van der Waals surface area contributed by atoms with Gasteiger partial charge >= 0.3 is 5.69 Å². The number of carbonyl (C=O) groups is 1. The summed E-state index contributed by atoms with van der Waals surface area (Å²) in [5.74, 6) is -0.255. The average molecular weight is 427 g/mol. The van der Waals surface area contributed by atoms with E-state index in [-0.39, 0.29) is 23.6 Å². The molecular weight excluding hydrogens is 408 g/mol. The van der Waals surface area contributed by atoms with Gasteiger partial charge in [0.15, 0.2) is 5.13 Å². The number of nitrogens with zero attached hydrogens (tertiary/aromatic N) is 3. The molecule has 0 atom stereocenters. The molecule has 7 nitrogen and oxygen atoms in total. The first kappa shape index (κ1) is 19.3. The second kappa shape index (κ2) is 7.41. The minimum absolute atomic E-state index is 0.0427. The molecule has 148 valence electrons. The topological polar surface area (TPSA) is 86.0 Å². The van der Waals surface area contributed by atoms with E-state index in [4.69, 9.17) is 0 Å². The quantitative estimate of drug-likeness (QED) is 0.544. The normalized spacial score (nSPS) is 11.1. The predicted molar refractivity (Wildman–Crippen MR) is 117 cm³/mol. The van der Waals surface area contributed by atoms with Crippen molar-refractivity contribution in [3.8, 4) is 11.3 Å². The van der Waals surface area contributed by atoms with Gasteiger partial charge in [0.05, 0.1) is 23.0 Å². The van der Waals surface area contributed by atoms with Crippen LogP contribution in [0.2, 0.25) is 0 Å². The van der Waals surface area contributed by atoms with Crippen molar-refractivity contribution in [1.82, 2.24) is 14.1 Å². The molecule has 1 N–H and O–H groups in total. The molecule has 4 rings (SSSR count). The van der Waals surface area contributed by atoms with Crippen molar-refractivity contribution in [2.24, 2.45) is 14.1 Å². The number of hydrogen-bond acceptors (Lipinski definition) is 6. The van der Waals surface area contributed by atoms with Gasteiger partial charge in [-0.3, -0.25) is 18.7 Å². The molecule has 0 unspecified atom stereocenters. The Morgan fingerprint density at radius 3 is 2.52 bits per heavy atom. The largest absolute Gasteiger partial charge is 0.330 e. The molecule has 1 aromatic carbocycles. The summed E-state index contributed by atoms with van der Waals surface area (Å²) in [7, 11) is 3.05. The number of benzene rings is 1. The van der Waals surface area contributed by atoms with Crippen LogP contribution in [0.15, 0.2) is 44.6 Å². The van der Waals surface area contributed by atoms with Gasteiger partial charge in [0.2, 0.25) is 5.91 Å². The molecule has 3 heterocycles. The monoisotopic (exact) mass is 426 g/mol. The standard InChI is InChI=1S/C20H18N4O3S2/c1-11-4-6-12(7-5-11)13-9-29-19(21-13)22-16(25)8-15-17-14(10-28-15)23(2)20(27)24(3)18(17)26/h4-7,9-10H,8H2,1-3H3,(H,21,22,25). The lowest BCUT2D eigenvalue weighted by molar-refractivity contribution is -0.115. The van der Waals surface area contributed by atoms with Crippen LogP contribution in [0.25, 0.3) is 22.2 Å². The average Bonchev–Trinajstić information content (AvgIpc) is 3.32. The molecular formula is C20H18N4O3S2. The fraction of sp³-hybridized carbons (Fsp3) is 0.200. The van der Waals surface area contributed by atoms with Gasteiger partial charge in [-0.2, -0.15) is 0 Å². The molecule has 3 aromatic heterocycles. The van der Waals surface area contributed by atoms with E-state index in [2.05, 4.69) is 10.3 Å². The molecule has 0 aliphatic rings. The van der Waals surface area contributed by atoms with Crippen molar-refractivity contribution in [2.45, 2.75) is 13.3 Å². The Labute approximate surface area is 173 Å². The van der Waals surface area contributed by atoms with Gasteiger partial charge in [-0.15, -0.1) is 22.7 Å². The second-order valence-electron chi connectivity index (χ2n) is 6.75. The number of carbonyl (C=O) groups excluding carboxylic acids is 1. The summed E-state index contributed by atoms with van der Waals surface area (Å²) >= 11 is 2.65. The van der Waals surface area contributed by atoms with Gasteiger partial charge in [0.25, 0.3) is 5.56 Å². The van der Waals surface area contributed by atoms with Crippen LogP contribution in [0.5, 0.6) is 0 Å². The van der Waals surface area contributed by atoms with E-state index in [1.165, 1.54) is 39.9 Å². The van der Waals surface area contributed by atoms with Gasteiger partial charge < -0.3 is 5.32 Å².